The van der Waals surface area contributed by atoms with Gasteiger partial charge in [-0.25, -0.2) is 0 Å². The number of aromatic nitrogens is 3. The smallest absolute Gasteiger partial charge is 0.240 e. The number of hydrogen-bond acceptors (Lipinski definition) is 4. The van der Waals surface area contributed by atoms with Crippen molar-refractivity contribution in [3.8, 4) is 0 Å². The number of nitrogens with zero attached hydrogens (tertiary/aromatic N) is 5. The van der Waals surface area contributed by atoms with Gasteiger partial charge in [0.1, 0.15) is 12.2 Å². The van der Waals surface area contributed by atoms with Crippen molar-refractivity contribution in [1.82, 2.24) is 30.3 Å². The van der Waals surface area contributed by atoms with Crippen molar-refractivity contribution in [1.29, 1.82) is 0 Å². The van der Waals surface area contributed by atoms with E-state index < -0.39 is 0 Å². The van der Waals surface area contributed by atoms with E-state index in [-0.39, 0.29) is 42.0 Å². The minimum Gasteiger partial charge on any atom is -0.354 e. The highest BCUT2D eigenvalue weighted by Crippen LogP contribution is 2.00. The maximum absolute atomic E-state index is 12.2. The lowest BCUT2D eigenvalue weighted by molar-refractivity contribution is -0.122. The Morgan fingerprint density at radius 2 is 2.04 bits per heavy atom. The van der Waals surface area contributed by atoms with Crippen molar-refractivity contribution in [2.45, 2.75) is 60.0 Å². The number of amides is 1. The summed E-state index contributed by atoms with van der Waals surface area (Å²) < 4.78 is 2.03. The van der Waals surface area contributed by atoms with Crippen molar-refractivity contribution in [3.05, 3.63) is 12.2 Å². The summed E-state index contributed by atoms with van der Waals surface area (Å²) in [6.07, 6.45) is 2.59. The highest BCUT2D eigenvalue weighted by molar-refractivity contribution is 14.0. The lowest BCUT2D eigenvalue weighted by atomic mass is 10.1. The van der Waals surface area contributed by atoms with Gasteiger partial charge in [-0.2, -0.15) is 0 Å². The Kier molecular flexibility index (Phi) is 11.5. The molecule has 27 heavy (non-hydrogen) atoms. The van der Waals surface area contributed by atoms with Crippen LogP contribution in [0.25, 0.3) is 0 Å². The van der Waals surface area contributed by atoms with Gasteiger partial charge in [-0.3, -0.25) is 9.79 Å². The van der Waals surface area contributed by atoms with Crippen LogP contribution in [0, 0.1) is 5.92 Å². The number of aryl methyl sites for hydroxylation is 1. The van der Waals surface area contributed by atoms with Crippen LogP contribution in [-0.2, 0) is 17.8 Å². The van der Waals surface area contributed by atoms with Crippen molar-refractivity contribution >= 4 is 35.8 Å². The van der Waals surface area contributed by atoms with Crippen molar-refractivity contribution in [2.24, 2.45) is 10.9 Å². The van der Waals surface area contributed by atoms with Gasteiger partial charge in [0, 0.05) is 38.6 Å². The molecule has 0 fully saturated rings. The third-order valence-electron chi connectivity index (χ3n) is 3.51. The van der Waals surface area contributed by atoms with Crippen LogP contribution in [-0.4, -0.2) is 63.8 Å². The molecule has 0 aliphatic heterocycles. The van der Waals surface area contributed by atoms with Crippen molar-refractivity contribution < 1.29 is 4.79 Å². The summed E-state index contributed by atoms with van der Waals surface area (Å²) in [6, 6.07) is 0. The van der Waals surface area contributed by atoms with E-state index in [1.54, 1.807) is 6.33 Å². The maximum Gasteiger partial charge on any atom is 0.240 e. The zero-order valence-electron chi connectivity index (χ0n) is 17.7. The summed E-state index contributed by atoms with van der Waals surface area (Å²) in [4.78, 5) is 18.7. The summed E-state index contributed by atoms with van der Waals surface area (Å²) in [5.74, 6) is 2.12. The number of halogens is 1. The second-order valence-electron chi connectivity index (χ2n) is 7.93. The first kappa shape index (κ1) is 25.6. The van der Waals surface area contributed by atoms with E-state index in [0.29, 0.717) is 19.0 Å². The average Bonchev–Trinajstić information content (AvgIpc) is 2.95. The van der Waals surface area contributed by atoms with Gasteiger partial charge in [-0.15, -0.1) is 34.2 Å². The van der Waals surface area contributed by atoms with Crippen LogP contribution in [0.15, 0.2) is 11.3 Å². The first-order valence-corrected chi connectivity index (χ1v) is 9.29. The van der Waals surface area contributed by atoms with Gasteiger partial charge in [0.2, 0.25) is 5.91 Å². The SMILES string of the molecule is CCc1nncn1CCNC(=NCC(C)C)N(C)CC(=O)NC(C)(C)C.I. The molecule has 0 unspecified atom stereocenters. The van der Waals surface area contributed by atoms with Gasteiger partial charge in [-0.1, -0.05) is 20.8 Å². The molecule has 0 saturated heterocycles. The molecule has 8 nitrogen and oxygen atoms in total. The predicted molar refractivity (Wildman–Crippen MR) is 120 cm³/mol. The van der Waals surface area contributed by atoms with E-state index in [9.17, 15) is 4.79 Å². The van der Waals surface area contributed by atoms with Crippen molar-refractivity contribution in [3.63, 3.8) is 0 Å². The first-order chi connectivity index (χ1) is 12.1. The Bertz CT molecular complexity index is 593. The number of rotatable bonds is 8. The second kappa shape index (κ2) is 12.1. The molecule has 156 valence electrons. The van der Waals surface area contributed by atoms with Crippen molar-refractivity contribution in [2.75, 3.05) is 26.7 Å². The summed E-state index contributed by atoms with van der Waals surface area (Å²) in [5, 5.41) is 14.4. The molecule has 0 radical (unpaired) electrons. The minimum absolute atomic E-state index is 0. The largest absolute Gasteiger partial charge is 0.354 e. The summed E-state index contributed by atoms with van der Waals surface area (Å²) in [5.41, 5.74) is -0.244. The number of nitrogens with one attached hydrogen (secondary N) is 2. The van der Waals surface area contributed by atoms with E-state index in [4.69, 9.17) is 0 Å². The summed E-state index contributed by atoms with van der Waals surface area (Å²) in [7, 11) is 1.88. The van der Waals surface area contributed by atoms with Gasteiger partial charge >= 0.3 is 0 Å². The highest BCUT2D eigenvalue weighted by atomic mass is 127. The summed E-state index contributed by atoms with van der Waals surface area (Å²) >= 11 is 0. The van der Waals surface area contributed by atoms with Crippen LogP contribution in [0.2, 0.25) is 0 Å². The van der Waals surface area contributed by atoms with Crippen LogP contribution in [0.3, 0.4) is 0 Å². The molecule has 0 saturated carbocycles. The van der Waals surface area contributed by atoms with Gasteiger partial charge < -0.3 is 20.1 Å². The van der Waals surface area contributed by atoms with Crippen LogP contribution < -0.4 is 10.6 Å². The molecule has 1 aromatic rings. The van der Waals surface area contributed by atoms with Crippen LogP contribution in [0.4, 0.5) is 0 Å². The molecular weight excluding hydrogens is 457 g/mol. The molecule has 0 atom stereocenters. The number of carbonyl (C=O) groups is 1. The van der Waals surface area contributed by atoms with Gasteiger partial charge in [-0.05, 0) is 26.7 Å². The molecule has 1 aromatic heterocycles. The normalized spacial score (nSPS) is 11.9. The van der Waals surface area contributed by atoms with E-state index in [2.05, 4.69) is 46.6 Å². The number of likely N-dealkylation sites (N-methyl/N-ethyl adjacent to an activating group) is 1. The van der Waals surface area contributed by atoms with Gasteiger partial charge in [0.05, 0.1) is 6.54 Å². The third-order valence-corrected chi connectivity index (χ3v) is 3.51. The monoisotopic (exact) mass is 493 g/mol. The van der Waals surface area contributed by atoms with Crippen LogP contribution in [0.1, 0.15) is 47.4 Å². The molecule has 0 bridgehead atoms. The van der Waals surface area contributed by atoms with Crippen LogP contribution >= 0.6 is 24.0 Å². The Labute approximate surface area is 180 Å². The maximum atomic E-state index is 12.2. The zero-order valence-corrected chi connectivity index (χ0v) is 20.1. The molecule has 0 aromatic carbocycles. The zero-order chi connectivity index (χ0) is 19.7. The number of carbonyl (C=O) groups excluding carboxylic acids is 1. The molecule has 1 heterocycles. The molecule has 1 amide bonds. The fourth-order valence-electron chi connectivity index (χ4n) is 2.36. The Balaban J connectivity index is 0.00000676. The Hall–Kier alpha value is -1.39. The number of aliphatic imine (C=N–C) groups is 1. The molecule has 1 rings (SSSR count). The molecular formula is C18H36IN7O. The molecule has 0 aliphatic carbocycles. The van der Waals surface area contributed by atoms with Crippen LogP contribution in [0.5, 0.6) is 0 Å². The molecule has 0 spiro atoms. The summed E-state index contributed by atoms with van der Waals surface area (Å²) in [6.45, 7) is 14.6. The molecule has 9 heteroatoms. The standard InChI is InChI=1S/C18H35N7O.HI/c1-8-15-23-21-13-25(15)10-9-19-17(20-11-14(2)3)24(7)12-16(26)22-18(4,5)6;/h13-14H,8-12H2,1-7H3,(H,19,20)(H,22,26);1H. The number of hydrogen-bond donors (Lipinski definition) is 2. The minimum atomic E-state index is -0.244. The fourth-order valence-corrected chi connectivity index (χ4v) is 2.36. The van der Waals surface area contributed by atoms with Gasteiger partial charge in [0.25, 0.3) is 0 Å². The molecule has 2 N–H and O–H groups in total. The van der Waals surface area contributed by atoms with E-state index in [1.165, 1.54) is 0 Å². The second-order valence-corrected chi connectivity index (χ2v) is 7.93. The van der Waals surface area contributed by atoms with Gasteiger partial charge in [0.15, 0.2) is 5.96 Å². The number of guanidine groups is 1. The topological polar surface area (TPSA) is 87.4 Å². The Morgan fingerprint density at radius 1 is 1.37 bits per heavy atom. The molecule has 0 aliphatic rings. The lowest BCUT2D eigenvalue weighted by Gasteiger charge is -2.26. The Morgan fingerprint density at radius 3 is 2.59 bits per heavy atom. The predicted octanol–water partition coefficient (Wildman–Crippen LogP) is 1.91. The van der Waals surface area contributed by atoms with E-state index >= 15 is 0 Å². The lowest BCUT2D eigenvalue weighted by Crippen LogP contribution is -2.49. The van der Waals surface area contributed by atoms with E-state index in [0.717, 1.165) is 24.7 Å². The first-order valence-electron chi connectivity index (χ1n) is 9.29. The third kappa shape index (κ3) is 10.5. The fraction of sp³-hybridized carbons (Fsp3) is 0.778. The highest BCUT2D eigenvalue weighted by Gasteiger charge is 2.17. The average molecular weight is 493 g/mol. The van der Waals surface area contributed by atoms with E-state index in [1.807, 2.05) is 37.3 Å². The quantitative estimate of drug-likeness (QED) is 0.328.